The summed E-state index contributed by atoms with van der Waals surface area (Å²) in [6.45, 7) is 2.65. The molecule has 0 saturated carbocycles. The van der Waals surface area contributed by atoms with Gasteiger partial charge >= 0.3 is 0 Å². The van der Waals surface area contributed by atoms with E-state index in [-0.39, 0.29) is 6.61 Å². The summed E-state index contributed by atoms with van der Waals surface area (Å²) in [7, 11) is 0. The van der Waals surface area contributed by atoms with Crippen LogP contribution in [0.3, 0.4) is 0 Å². The third kappa shape index (κ3) is 5.23. The molecule has 0 fully saturated rings. The molecule has 0 amide bonds. The van der Waals surface area contributed by atoms with Crippen LogP contribution in [0.15, 0.2) is 46.9 Å². The minimum Gasteiger partial charge on any atom is -0.491 e. The quantitative estimate of drug-likeness (QED) is 0.798. The summed E-state index contributed by atoms with van der Waals surface area (Å²) >= 11 is 9.30. The number of anilines is 1. The highest BCUT2D eigenvalue weighted by Gasteiger charge is 2.07. The normalized spacial score (nSPS) is 12.0. The second-order valence-corrected chi connectivity index (χ2v) is 6.11. The van der Waals surface area contributed by atoms with Gasteiger partial charge in [-0.2, -0.15) is 0 Å². The van der Waals surface area contributed by atoms with E-state index in [1.54, 1.807) is 12.1 Å². The average molecular weight is 371 g/mol. The number of halogens is 2. The predicted octanol–water partition coefficient (Wildman–Crippen LogP) is 4.26. The second-order valence-electron chi connectivity index (χ2n) is 4.76. The number of hydrogen-bond donors (Lipinski definition) is 2. The van der Waals surface area contributed by atoms with Crippen molar-refractivity contribution in [2.24, 2.45) is 0 Å². The van der Waals surface area contributed by atoms with E-state index in [1.165, 1.54) is 0 Å². The molecule has 0 aliphatic rings. The Balaban J connectivity index is 1.80. The van der Waals surface area contributed by atoms with Crippen molar-refractivity contribution >= 4 is 33.2 Å². The number of ether oxygens (including phenoxy) is 1. The number of nitrogens with one attached hydrogen (secondary N) is 1. The monoisotopic (exact) mass is 369 g/mol. The number of aryl methyl sites for hydroxylation is 1. The van der Waals surface area contributed by atoms with E-state index in [0.717, 1.165) is 15.7 Å². The highest BCUT2D eigenvalue weighted by molar-refractivity contribution is 9.10. The number of hydrogen-bond acceptors (Lipinski definition) is 3. The van der Waals surface area contributed by atoms with Gasteiger partial charge in [0.05, 0.1) is 0 Å². The lowest BCUT2D eigenvalue weighted by molar-refractivity contribution is 0.117. The van der Waals surface area contributed by atoms with Crippen molar-refractivity contribution in [2.75, 3.05) is 18.5 Å². The first-order chi connectivity index (χ1) is 10.0. The fourth-order valence-electron chi connectivity index (χ4n) is 1.86. The largest absolute Gasteiger partial charge is 0.491 e. The van der Waals surface area contributed by atoms with Gasteiger partial charge in [-0.25, -0.2) is 0 Å². The Morgan fingerprint density at radius 3 is 2.81 bits per heavy atom. The first kappa shape index (κ1) is 16.1. The Bertz CT molecular complexity index is 607. The zero-order valence-corrected chi connectivity index (χ0v) is 14.0. The highest BCUT2D eigenvalue weighted by Crippen LogP contribution is 2.20. The summed E-state index contributed by atoms with van der Waals surface area (Å²) in [5, 5.41) is 13.8. The van der Waals surface area contributed by atoms with Crippen LogP contribution < -0.4 is 10.1 Å². The molecular weight excluding hydrogens is 354 g/mol. The standard InChI is InChI=1S/C16H17BrClNO2/c1-11-7-12(17)5-6-16(11)19-9-14(20)10-21-15-4-2-3-13(18)8-15/h2-8,14,19-20H,9-10H2,1H3. The van der Waals surface area contributed by atoms with E-state index in [1.807, 2.05) is 37.3 Å². The highest BCUT2D eigenvalue weighted by atomic mass is 79.9. The van der Waals surface area contributed by atoms with Crippen molar-refractivity contribution in [2.45, 2.75) is 13.0 Å². The number of benzene rings is 2. The second kappa shape index (κ2) is 7.69. The molecule has 0 bridgehead atoms. The Morgan fingerprint density at radius 2 is 2.10 bits per heavy atom. The van der Waals surface area contributed by atoms with Crippen molar-refractivity contribution in [1.82, 2.24) is 0 Å². The van der Waals surface area contributed by atoms with Crippen LogP contribution >= 0.6 is 27.5 Å². The maximum Gasteiger partial charge on any atom is 0.120 e. The van der Waals surface area contributed by atoms with Crippen LogP contribution in [0.25, 0.3) is 0 Å². The minimum atomic E-state index is -0.605. The van der Waals surface area contributed by atoms with Crippen molar-refractivity contribution in [3.05, 3.63) is 57.5 Å². The van der Waals surface area contributed by atoms with Gasteiger partial charge in [0.2, 0.25) is 0 Å². The molecule has 2 rings (SSSR count). The molecule has 2 N–H and O–H groups in total. The van der Waals surface area contributed by atoms with Crippen LogP contribution in [0.1, 0.15) is 5.56 Å². The molecule has 0 spiro atoms. The molecule has 1 unspecified atom stereocenters. The first-order valence-electron chi connectivity index (χ1n) is 6.61. The minimum absolute atomic E-state index is 0.211. The predicted molar refractivity (Wildman–Crippen MR) is 90.3 cm³/mol. The summed E-state index contributed by atoms with van der Waals surface area (Å²) in [5.74, 6) is 0.654. The summed E-state index contributed by atoms with van der Waals surface area (Å²) < 4.78 is 6.54. The fourth-order valence-corrected chi connectivity index (χ4v) is 2.52. The number of rotatable bonds is 6. The van der Waals surface area contributed by atoms with E-state index >= 15 is 0 Å². The molecule has 112 valence electrons. The Hall–Kier alpha value is -1.23. The van der Waals surface area contributed by atoms with Crippen LogP contribution in [0.5, 0.6) is 5.75 Å². The van der Waals surface area contributed by atoms with Crippen LogP contribution in [-0.4, -0.2) is 24.4 Å². The lowest BCUT2D eigenvalue weighted by Gasteiger charge is -2.15. The lowest BCUT2D eigenvalue weighted by Crippen LogP contribution is -2.26. The lowest BCUT2D eigenvalue weighted by atomic mass is 10.2. The Morgan fingerprint density at radius 1 is 1.29 bits per heavy atom. The molecule has 0 aliphatic heterocycles. The molecule has 0 aliphatic carbocycles. The fraction of sp³-hybridized carbons (Fsp3) is 0.250. The molecular formula is C16H17BrClNO2. The smallest absolute Gasteiger partial charge is 0.120 e. The molecule has 1 atom stereocenters. The third-order valence-corrected chi connectivity index (χ3v) is 3.68. The topological polar surface area (TPSA) is 41.5 Å². The van der Waals surface area contributed by atoms with Crippen LogP contribution in [0.2, 0.25) is 5.02 Å². The zero-order valence-electron chi connectivity index (χ0n) is 11.6. The molecule has 0 heterocycles. The van der Waals surface area contributed by atoms with E-state index in [9.17, 15) is 5.11 Å². The summed E-state index contributed by atoms with van der Waals surface area (Å²) in [6.07, 6.45) is -0.605. The van der Waals surface area contributed by atoms with Gasteiger partial charge in [0.15, 0.2) is 0 Å². The van der Waals surface area contributed by atoms with E-state index in [2.05, 4.69) is 21.2 Å². The molecule has 21 heavy (non-hydrogen) atoms. The van der Waals surface area contributed by atoms with Gasteiger partial charge in [0.25, 0.3) is 0 Å². The van der Waals surface area contributed by atoms with Gasteiger partial charge in [-0.15, -0.1) is 0 Å². The van der Waals surface area contributed by atoms with Gasteiger partial charge < -0.3 is 15.2 Å². The van der Waals surface area contributed by atoms with Gasteiger partial charge in [-0.3, -0.25) is 0 Å². The van der Waals surface area contributed by atoms with Crippen molar-refractivity contribution < 1.29 is 9.84 Å². The summed E-state index contributed by atoms with van der Waals surface area (Å²) in [4.78, 5) is 0. The molecule has 3 nitrogen and oxygen atoms in total. The van der Waals surface area contributed by atoms with Gasteiger partial charge in [0.1, 0.15) is 18.5 Å². The molecule has 0 radical (unpaired) electrons. The average Bonchev–Trinajstić information content (AvgIpc) is 2.44. The first-order valence-corrected chi connectivity index (χ1v) is 7.78. The van der Waals surface area contributed by atoms with Crippen LogP contribution in [-0.2, 0) is 0 Å². The molecule has 5 heteroatoms. The third-order valence-electron chi connectivity index (χ3n) is 2.96. The van der Waals surface area contributed by atoms with E-state index in [4.69, 9.17) is 16.3 Å². The molecule has 2 aromatic carbocycles. The Labute approximate surface area is 138 Å². The van der Waals surface area contributed by atoms with E-state index < -0.39 is 6.10 Å². The number of aliphatic hydroxyl groups excluding tert-OH is 1. The maximum atomic E-state index is 9.96. The molecule has 2 aromatic rings. The number of aliphatic hydroxyl groups is 1. The zero-order chi connectivity index (χ0) is 15.2. The van der Waals surface area contributed by atoms with Gasteiger partial charge in [-0.1, -0.05) is 33.6 Å². The summed E-state index contributed by atoms with van der Waals surface area (Å²) in [6, 6.07) is 13.1. The van der Waals surface area contributed by atoms with Crippen LogP contribution in [0.4, 0.5) is 5.69 Å². The molecule has 0 aromatic heterocycles. The van der Waals surface area contributed by atoms with Gasteiger partial charge in [-0.05, 0) is 48.9 Å². The van der Waals surface area contributed by atoms with Crippen molar-refractivity contribution in [3.8, 4) is 5.75 Å². The Kier molecular flexibility index (Phi) is 5.91. The van der Waals surface area contributed by atoms with E-state index in [0.29, 0.717) is 17.3 Å². The summed E-state index contributed by atoms with van der Waals surface area (Å²) in [5.41, 5.74) is 2.12. The molecule has 0 saturated heterocycles. The van der Waals surface area contributed by atoms with Crippen molar-refractivity contribution in [1.29, 1.82) is 0 Å². The van der Waals surface area contributed by atoms with Crippen molar-refractivity contribution in [3.63, 3.8) is 0 Å². The van der Waals surface area contributed by atoms with Crippen LogP contribution in [0, 0.1) is 6.92 Å². The van der Waals surface area contributed by atoms with Gasteiger partial charge in [0, 0.05) is 21.7 Å². The SMILES string of the molecule is Cc1cc(Br)ccc1NCC(O)COc1cccc(Cl)c1. The maximum absolute atomic E-state index is 9.96.